The molecule has 1 fully saturated rings. The van der Waals surface area contributed by atoms with Crippen LogP contribution in [0, 0.1) is 0 Å². The number of hydrogen-bond acceptors (Lipinski definition) is 4. The van der Waals surface area contributed by atoms with Gasteiger partial charge in [0.05, 0.1) is 0 Å². The number of anilines is 2. The summed E-state index contributed by atoms with van der Waals surface area (Å²) in [7, 11) is 3.30. The van der Waals surface area contributed by atoms with Crippen LogP contribution < -0.4 is 10.2 Å². The van der Waals surface area contributed by atoms with Gasteiger partial charge in [0.2, 0.25) is 5.91 Å². The number of urea groups is 1. The zero-order valence-electron chi connectivity index (χ0n) is 16.8. The minimum absolute atomic E-state index is 0.155. The molecule has 30 heavy (non-hydrogen) atoms. The van der Waals surface area contributed by atoms with Gasteiger partial charge in [0, 0.05) is 36.1 Å². The topological polar surface area (TPSA) is 90.0 Å². The highest BCUT2D eigenvalue weighted by atomic mass is 35.5. The molecule has 0 aromatic heterocycles. The fourth-order valence-electron chi connectivity index (χ4n) is 3.11. The summed E-state index contributed by atoms with van der Waals surface area (Å²) < 4.78 is 0. The number of imide groups is 1. The van der Waals surface area contributed by atoms with Gasteiger partial charge in [0.25, 0.3) is 11.8 Å². The van der Waals surface area contributed by atoms with E-state index >= 15 is 0 Å². The second-order valence-electron chi connectivity index (χ2n) is 7.05. The minimum atomic E-state index is -0.734. The maximum absolute atomic E-state index is 12.8. The van der Waals surface area contributed by atoms with Crippen molar-refractivity contribution in [2.24, 2.45) is 0 Å². The lowest BCUT2D eigenvalue weighted by molar-refractivity contribution is -0.130. The van der Waals surface area contributed by atoms with Crippen molar-refractivity contribution in [3.63, 3.8) is 0 Å². The number of carbonyl (C=O) groups excluding carboxylic acids is 4. The molecule has 1 atom stereocenters. The highest BCUT2D eigenvalue weighted by Gasteiger charge is 2.44. The van der Waals surface area contributed by atoms with Gasteiger partial charge in [-0.2, -0.15) is 0 Å². The molecule has 9 heteroatoms. The zero-order chi connectivity index (χ0) is 22.0. The summed E-state index contributed by atoms with van der Waals surface area (Å²) in [6.07, 6.45) is 0. The molecule has 1 aliphatic rings. The van der Waals surface area contributed by atoms with Crippen LogP contribution in [0.2, 0.25) is 5.02 Å². The predicted octanol–water partition coefficient (Wildman–Crippen LogP) is 2.84. The molecule has 3 rings (SSSR count). The quantitative estimate of drug-likeness (QED) is 0.741. The third kappa shape index (κ3) is 4.28. The van der Waals surface area contributed by atoms with Crippen LogP contribution in [-0.2, 0) is 9.59 Å². The summed E-state index contributed by atoms with van der Waals surface area (Å²) in [6, 6.07) is 11.6. The Morgan fingerprint density at radius 2 is 1.63 bits per heavy atom. The van der Waals surface area contributed by atoms with Gasteiger partial charge in [-0.15, -0.1) is 0 Å². The fraction of sp³-hybridized carbons (Fsp3) is 0.238. The first kappa shape index (κ1) is 21.3. The molecular formula is C21H21ClN4O4. The number of benzene rings is 2. The molecule has 0 aliphatic carbocycles. The number of halogens is 1. The van der Waals surface area contributed by atoms with Crippen LogP contribution in [0.1, 0.15) is 17.3 Å². The van der Waals surface area contributed by atoms with Crippen LogP contribution in [0.15, 0.2) is 48.5 Å². The van der Waals surface area contributed by atoms with Gasteiger partial charge < -0.3 is 10.2 Å². The van der Waals surface area contributed by atoms with Crippen LogP contribution in [0.5, 0.6) is 0 Å². The Morgan fingerprint density at radius 3 is 2.20 bits per heavy atom. The first-order chi connectivity index (χ1) is 14.2. The van der Waals surface area contributed by atoms with E-state index in [9.17, 15) is 19.2 Å². The van der Waals surface area contributed by atoms with E-state index in [1.54, 1.807) is 69.6 Å². The molecule has 8 nitrogen and oxygen atoms in total. The SMILES string of the molecule is CC1C(=O)N(CC(=O)Nc2ccc(C(=O)N(C)C)cc2)C(=O)N1c1ccc(Cl)cc1. The molecule has 1 N–H and O–H groups in total. The highest BCUT2D eigenvalue weighted by molar-refractivity contribution is 6.30. The third-order valence-electron chi connectivity index (χ3n) is 4.68. The Balaban J connectivity index is 1.67. The summed E-state index contributed by atoms with van der Waals surface area (Å²) in [6.45, 7) is 1.19. The van der Waals surface area contributed by atoms with E-state index in [1.165, 1.54) is 9.80 Å². The second kappa shape index (κ2) is 8.54. The van der Waals surface area contributed by atoms with Crippen LogP contribution >= 0.6 is 11.6 Å². The van der Waals surface area contributed by atoms with Gasteiger partial charge in [-0.3, -0.25) is 24.2 Å². The van der Waals surface area contributed by atoms with Crippen LogP contribution in [0.3, 0.4) is 0 Å². The largest absolute Gasteiger partial charge is 0.345 e. The molecule has 1 unspecified atom stereocenters. The summed E-state index contributed by atoms with van der Waals surface area (Å²) in [5.74, 6) is -1.14. The van der Waals surface area contributed by atoms with Gasteiger partial charge in [0.15, 0.2) is 0 Å². The van der Waals surface area contributed by atoms with E-state index in [0.717, 1.165) is 4.90 Å². The Labute approximate surface area is 179 Å². The number of nitrogens with zero attached hydrogens (tertiary/aromatic N) is 3. The Bertz CT molecular complexity index is 989. The lowest BCUT2D eigenvalue weighted by Crippen LogP contribution is -2.39. The Morgan fingerprint density at radius 1 is 1.03 bits per heavy atom. The van der Waals surface area contributed by atoms with E-state index in [1.807, 2.05) is 0 Å². The van der Waals surface area contributed by atoms with Crippen molar-refractivity contribution >= 4 is 46.7 Å². The van der Waals surface area contributed by atoms with Crippen LogP contribution in [0.4, 0.5) is 16.2 Å². The smallest absolute Gasteiger partial charge is 0.332 e. The number of carbonyl (C=O) groups is 4. The molecule has 156 valence electrons. The monoisotopic (exact) mass is 428 g/mol. The Hall–Kier alpha value is -3.39. The Kier molecular flexibility index (Phi) is 6.07. The average Bonchev–Trinajstić information content (AvgIpc) is 2.92. The van der Waals surface area contributed by atoms with Gasteiger partial charge in [-0.1, -0.05) is 11.6 Å². The number of hydrogen-bond donors (Lipinski definition) is 1. The number of rotatable bonds is 5. The van der Waals surface area contributed by atoms with Crippen molar-refractivity contribution in [3.8, 4) is 0 Å². The lowest BCUT2D eigenvalue weighted by Gasteiger charge is -2.19. The molecule has 0 spiro atoms. The first-order valence-corrected chi connectivity index (χ1v) is 9.58. The summed E-state index contributed by atoms with van der Waals surface area (Å²) >= 11 is 5.88. The highest BCUT2D eigenvalue weighted by Crippen LogP contribution is 2.27. The van der Waals surface area contributed by atoms with E-state index in [0.29, 0.717) is 22.0 Å². The van der Waals surface area contributed by atoms with Crippen molar-refractivity contribution in [2.75, 3.05) is 30.9 Å². The molecule has 0 bridgehead atoms. The molecule has 0 radical (unpaired) electrons. The van der Waals surface area contributed by atoms with E-state index in [-0.39, 0.29) is 5.91 Å². The number of amides is 5. The van der Waals surface area contributed by atoms with E-state index in [4.69, 9.17) is 11.6 Å². The number of nitrogens with one attached hydrogen (secondary N) is 1. The van der Waals surface area contributed by atoms with Crippen molar-refractivity contribution < 1.29 is 19.2 Å². The van der Waals surface area contributed by atoms with E-state index < -0.39 is 30.4 Å². The lowest BCUT2D eigenvalue weighted by atomic mass is 10.2. The molecule has 1 saturated heterocycles. The molecule has 2 aromatic rings. The van der Waals surface area contributed by atoms with Crippen LogP contribution in [-0.4, -0.2) is 60.2 Å². The third-order valence-corrected chi connectivity index (χ3v) is 4.93. The summed E-state index contributed by atoms with van der Waals surface area (Å²) in [5.41, 5.74) is 1.46. The maximum Gasteiger partial charge on any atom is 0.332 e. The normalized spacial score (nSPS) is 16.1. The van der Waals surface area contributed by atoms with Crippen molar-refractivity contribution in [1.29, 1.82) is 0 Å². The van der Waals surface area contributed by atoms with Crippen molar-refractivity contribution in [1.82, 2.24) is 9.80 Å². The summed E-state index contributed by atoms with van der Waals surface area (Å²) in [4.78, 5) is 53.3. The molecular weight excluding hydrogens is 408 g/mol. The van der Waals surface area contributed by atoms with Gasteiger partial charge >= 0.3 is 6.03 Å². The minimum Gasteiger partial charge on any atom is -0.345 e. The standard InChI is InChI=1S/C21H21ClN4O4/c1-13-19(28)25(21(30)26(13)17-10-6-15(22)7-11-17)12-18(27)23-16-8-4-14(5-9-16)20(29)24(2)3/h4-11,13H,12H2,1-3H3,(H,23,27). The van der Waals surface area contributed by atoms with Crippen molar-refractivity contribution in [2.45, 2.75) is 13.0 Å². The predicted molar refractivity (Wildman–Crippen MR) is 114 cm³/mol. The molecule has 5 amide bonds. The zero-order valence-corrected chi connectivity index (χ0v) is 17.5. The average molecular weight is 429 g/mol. The summed E-state index contributed by atoms with van der Waals surface area (Å²) in [5, 5.41) is 3.15. The molecule has 2 aromatic carbocycles. The molecule has 1 heterocycles. The van der Waals surface area contributed by atoms with Crippen LogP contribution in [0.25, 0.3) is 0 Å². The fourth-order valence-corrected chi connectivity index (χ4v) is 3.23. The van der Waals surface area contributed by atoms with Gasteiger partial charge in [-0.05, 0) is 55.5 Å². The van der Waals surface area contributed by atoms with Gasteiger partial charge in [0.1, 0.15) is 12.6 Å². The van der Waals surface area contributed by atoms with Gasteiger partial charge in [-0.25, -0.2) is 4.79 Å². The molecule has 1 aliphatic heterocycles. The second-order valence-corrected chi connectivity index (χ2v) is 7.49. The van der Waals surface area contributed by atoms with E-state index in [2.05, 4.69) is 5.32 Å². The maximum atomic E-state index is 12.8. The van der Waals surface area contributed by atoms with Crippen molar-refractivity contribution in [3.05, 3.63) is 59.1 Å². The first-order valence-electron chi connectivity index (χ1n) is 9.20. The molecule has 0 saturated carbocycles.